The number of nitrogens with two attached hydrogens (primary N) is 1. The number of pyridine rings is 1. The van der Waals surface area contributed by atoms with Crippen molar-refractivity contribution in [3.05, 3.63) is 83.0 Å². The van der Waals surface area contributed by atoms with Gasteiger partial charge in [-0.2, -0.15) is 5.26 Å². The molecule has 2 aromatic carbocycles. The third kappa shape index (κ3) is 3.04. The van der Waals surface area contributed by atoms with Crippen LogP contribution in [0.2, 0.25) is 0 Å². The Kier molecular flexibility index (Phi) is 4.40. The monoisotopic (exact) mass is 311 g/mol. The van der Waals surface area contributed by atoms with Gasteiger partial charge in [0.05, 0.1) is 0 Å². The van der Waals surface area contributed by atoms with Gasteiger partial charge >= 0.3 is 0 Å². The van der Waals surface area contributed by atoms with Gasteiger partial charge in [-0.3, -0.25) is 0 Å². The molecule has 0 atom stereocenters. The molecule has 116 valence electrons. The van der Waals surface area contributed by atoms with Crippen LogP contribution in [0.3, 0.4) is 0 Å². The Hall–Kier alpha value is -3.38. The number of anilines is 1. The standard InChI is InChI=1S/C21H17N3/c1-15-20(17-10-6-3-7-11-17)18(19(14-22)21(23)24-15)13-12-16-8-4-2-5-9-16/h2-13H,1H3,(H2,23,24)/b13-12+. The van der Waals surface area contributed by atoms with Crippen molar-refractivity contribution in [3.63, 3.8) is 0 Å². The summed E-state index contributed by atoms with van der Waals surface area (Å²) in [7, 11) is 0. The van der Waals surface area contributed by atoms with Gasteiger partial charge in [-0.15, -0.1) is 0 Å². The maximum absolute atomic E-state index is 9.55. The van der Waals surface area contributed by atoms with Crippen LogP contribution in [0.15, 0.2) is 60.7 Å². The highest BCUT2D eigenvalue weighted by molar-refractivity contribution is 5.87. The summed E-state index contributed by atoms with van der Waals surface area (Å²) in [5.74, 6) is 0.266. The van der Waals surface area contributed by atoms with Gasteiger partial charge in [-0.25, -0.2) is 4.98 Å². The lowest BCUT2D eigenvalue weighted by Crippen LogP contribution is -2.03. The molecule has 3 rings (SSSR count). The highest BCUT2D eigenvalue weighted by Crippen LogP contribution is 2.32. The van der Waals surface area contributed by atoms with Crippen molar-refractivity contribution in [3.8, 4) is 17.2 Å². The molecule has 0 amide bonds. The number of hydrogen-bond acceptors (Lipinski definition) is 3. The van der Waals surface area contributed by atoms with Gasteiger partial charge in [0, 0.05) is 16.8 Å². The van der Waals surface area contributed by atoms with E-state index in [9.17, 15) is 5.26 Å². The fourth-order valence-corrected chi connectivity index (χ4v) is 2.75. The number of rotatable bonds is 3. The van der Waals surface area contributed by atoms with Gasteiger partial charge < -0.3 is 5.73 Å². The highest BCUT2D eigenvalue weighted by Gasteiger charge is 2.15. The third-order valence-electron chi connectivity index (χ3n) is 3.86. The summed E-state index contributed by atoms with van der Waals surface area (Å²) in [4.78, 5) is 4.36. The molecule has 0 unspecified atom stereocenters. The van der Waals surface area contributed by atoms with Crippen molar-refractivity contribution in [1.29, 1.82) is 5.26 Å². The van der Waals surface area contributed by atoms with Crippen LogP contribution in [0, 0.1) is 18.3 Å². The van der Waals surface area contributed by atoms with Gasteiger partial charge in [-0.1, -0.05) is 72.8 Å². The molecule has 0 radical (unpaired) electrons. The van der Waals surface area contributed by atoms with Crippen molar-refractivity contribution in [2.75, 3.05) is 5.73 Å². The van der Waals surface area contributed by atoms with E-state index in [0.29, 0.717) is 5.56 Å². The van der Waals surface area contributed by atoms with E-state index >= 15 is 0 Å². The van der Waals surface area contributed by atoms with E-state index in [4.69, 9.17) is 5.73 Å². The Morgan fingerprint density at radius 1 is 0.958 bits per heavy atom. The Morgan fingerprint density at radius 2 is 1.58 bits per heavy atom. The van der Waals surface area contributed by atoms with E-state index < -0.39 is 0 Å². The SMILES string of the molecule is Cc1nc(N)c(C#N)c(/C=C/c2ccccc2)c1-c1ccccc1. The first-order valence-electron chi connectivity index (χ1n) is 7.69. The molecule has 0 aliphatic heterocycles. The van der Waals surface area contributed by atoms with E-state index in [0.717, 1.165) is 27.9 Å². The fourth-order valence-electron chi connectivity index (χ4n) is 2.75. The molecule has 24 heavy (non-hydrogen) atoms. The van der Waals surface area contributed by atoms with E-state index in [1.807, 2.05) is 79.7 Å². The lowest BCUT2D eigenvalue weighted by molar-refractivity contribution is 1.20. The quantitative estimate of drug-likeness (QED) is 0.763. The molecule has 1 heterocycles. The summed E-state index contributed by atoms with van der Waals surface area (Å²) >= 11 is 0. The van der Waals surface area contributed by atoms with Crippen LogP contribution in [-0.4, -0.2) is 4.98 Å². The molecule has 0 fully saturated rings. The van der Waals surface area contributed by atoms with Crippen molar-refractivity contribution in [2.45, 2.75) is 6.92 Å². The zero-order valence-corrected chi connectivity index (χ0v) is 13.4. The lowest BCUT2D eigenvalue weighted by Gasteiger charge is -2.13. The van der Waals surface area contributed by atoms with Crippen molar-refractivity contribution in [2.24, 2.45) is 0 Å². The molecule has 1 aromatic heterocycles. The smallest absolute Gasteiger partial charge is 0.142 e. The number of nitrogens with zero attached hydrogens (tertiary/aromatic N) is 2. The van der Waals surface area contributed by atoms with Gasteiger partial charge in [0.1, 0.15) is 17.5 Å². The maximum atomic E-state index is 9.55. The van der Waals surface area contributed by atoms with Crippen LogP contribution in [0.4, 0.5) is 5.82 Å². The molecule has 3 heteroatoms. The second-order valence-electron chi connectivity index (χ2n) is 5.47. The van der Waals surface area contributed by atoms with Crippen LogP contribution in [0.1, 0.15) is 22.4 Å². The zero-order chi connectivity index (χ0) is 16.9. The fraction of sp³-hybridized carbons (Fsp3) is 0.0476. The van der Waals surface area contributed by atoms with Gasteiger partial charge in [0.25, 0.3) is 0 Å². The summed E-state index contributed by atoms with van der Waals surface area (Å²) < 4.78 is 0. The Balaban J connectivity index is 2.22. The largest absolute Gasteiger partial charge is 0.383 e. The molecule has 2 N–H and O–H groups in total. The maximum Gasteiger partial charge on any atom is 0.142 e. The Morgan fingerprint density at radius 3 is 2.21 bits per heavy atom. The number of benzene rings is 2. The minimum atomic E-state index is 0.266. The second kappa shape index (κ2) is 6.80. The molecule has 3 aromatic rings. The van der Waals surface area contributed by atoms with Crippen LogP contribution in [0.5, 0.6) is 0 Å². The van der Waals surface area contributed by atoms with Crippen molar-refractivity contribution >= 4 is 18.0 Å². The first-order chi connectivity index (χ1) is 11.7. The van der Waals surface area contributed by atoms with Crippen LogP contribution < -0.4 is 5.73 Å². The Bertz CT molecular complexity index is 921. The minimum Gasteiger partial charge on any atom is -0.383 e. The summed E-state index contributed by atoms with van der Waals surface area (Å²) in [6.07, 6.45) is 3.93. The molecule has 0 aliphatic rings. The van der Waals surface area contributed by atoms with E-state index in [-0.39, 0.29) is 5.82 Å². The molecule has 0 aliphatic carbocycles. The number of hydrogen-bond donors (Lipinski definition) is 1. The predicted molar refractivity (Wildman–Crippen MR) is 98.9 cm³/mol. The van der Waals surface area contributed by atoms with E-state index in [1.54, 1.807) is 0 Å². The summed E-state index contributed by atoms with van der Waals surface area (Å²) in [5.41, 5.74) is 11.0. The molecule has 3 nitrogen and oxygen atoms in total. The van der Waals surface area contributed by atoms with E-state index in [1.165, 1.54) is 0 Å². The number of aromatic nitrogens is 1. The van der Waals surface area contributed by atoms with Gasteiger partial charge in [0.15, 0.2) is 0 Å². The highest BCUT2D eigenvalue weighted by atomic mass is 14.8. The summed E-state index contributed by atoms with van der Waals surface area (Å²) in [6, 6.07) is 22.1. The third-order valence-corrected chi connectivity index (χ3v) is 3.86. The van der Waals surface area contributed by atoms with Gasteiger partial charge in [-0.05, 0) is 18.1 Å². The second-order valence-corrected chi connectivity index (χ2v) is 5.47. The van der Waals surface area contributed by atoms with Crippen molar-refractivity contribution < 1.29 is 0 Å². The summed E-state index contributed by atoms with van der Waals surface area (Å²) in [6.45, 7) is 1.92. The number of nitrogen functional groups attached to an aromatic ring is 1. The molecular formula is C21H17N3. The zero-order valence-electron chi connectivity index (χ0n) is 13.4. The molecule has 0 bridgehead atoms. The predicted octanol–water partition coefficient (Wildman–Crippen LogP) is 4.68. The minimum absolute atomic E-state index is 0.266. The molecule has 0 saturated heterocycles. The first-order valence-corrected chi connectivity index (χ1v) is 7.69. The Labute approximate surface area is 141 Å². The van der Waals surface area contributed by atoms with Crippen LogP contribution in [-0.2, 0) is 0 Å². The number of nitriles is 1. The topological polar surface area (TPSA) is 62.7 Å². The average Bonchev–Trinajstić information content (AvgIpc) is 2.61. The summed E-state index contributed by atoms with van der Waals surface area (Å²) in [5, 5.41) is 9.55. The molecule has 0 spiro atoms. The van der Waals surface area contributed by atoms with Crippen molar-refractivity contribution in [1.82, 2.24) is 4.98 Å². The molecular weight excluding hydrogens is 294 g/mol. The normalized spacial score (nSPS) is 10.7. The van der Waals surface area contributed by atoms with Gasteiger partial charge in [0.2, 0.25) is 0 Å². The lowest BCUT2D eigenvalue weighted by atomic mass is 9.94. The van der Waals surface area contributed by atoms with Crippen LogP contribution >= 0.6 is 0 Å². The van der Waals surface area contributed by atoms with Crippen LogP contribution in [0.25, 0.3) is 23.3 Å². The number of aryl methyl sites for hydroxylation is 1. The molecule has 0 saturated carbocycles. The van der Waals surface area contributed by atoms with E-state index in [2.05, 4.69) is 11.1 Å². The average molecular weight is 311 g/mol. The first kappa shape index (κ1) is 15.5.